The molecule has 2 aromatic heterocycles. The van der Waals surface area contributed by atoms with Crippen molar-refractivity contribution in [1.82, 2.24) is 15.1 Å². The van der Waals surface area contributed by atoms with E-state index in [0.717, 1.165) is 0 Å². The zero-order valence-corrected chi connectivity index (χ0v) is 13.2. The monoisotopic (exact) mass is 348 g/mol. The fourth-order valence-corrected chi connectivity index (χ4v) is 2.43. The third kappa shape index (κ3) is 4.06. The zero-order valence-electron chi connectivity index (χ0n) is 11.7. The summed E-state index contributed by atoms with van der Waals surface area (Å²) in [5.41, 5.74) is 1.19. The lowest BCUT2D eigenvalue weighted by Crippen LogP contribution is -2.15. The number of pyridine rings is 1. The summed E-state index contributed by atoms with van der Waals surface area (Å²) < 4.78 is 5.12. The lowest BCUT2D eigenvalue weighted by Gasteiger charge is -2.04. The Bertz CT molecular complexity index is 816. The maximum Gasteiger partial charge on any atom is 0.259 e. The Labute approximate surface area is 141 Å². The molecule has 0 aliphatic carbocycles. The van der Waals surface area contributed by atoms with Crippen LogP contribution in [0.4, 0.5) is 5.69 Å². The molecule has 0 fully saturated rings. The number of halogens is 2. The van der Waals surface area contributed by atoms with Crippen LogP contribution in [-0.2, 0) is 11.2 Å². The van der Waals surface area contributed by atoms with Gasteiger partial charge in [-0.1, -0.05) is 28.4 Å². The van der Waals surface area contributed by atoms with Crippen molar-refractivity contribution in [3.8, 4) is 11.5 Å². The molecular weight excluding hydrogens is 339 g/mol. The predicted molar refractivity (Wildman–Crippen MR) is 86.3 cm³/mol. The van der Waals surface area contributed by atoms with Gasteiger partial charge in [0.15, 0.2) is 5.82 Å². The molecule has 23 heavy (non-hydrogen) atoms. The zero-order chi connectivity index (χ0) is 16.2. The van der Waals surface area contributed by atoms with Crippen LogP contribution in [0.15, 0.2) is 47.2 Å². The van der Waals surface area contributed by atoms with E-state index >= 15 is 0 Å². The molecule has 116 valence electrons. The summed E-state index contributed by atoms with van der Waals surface area (Å²) in [5.74, 6) is 0.281. The summed E-state index contributed by atoms with van der Waals surface area (Å²) in [6.45, 7) is 0. The van der Waals surface area contributed by atoms with E-state index in [4.69, 9.17) is 27.7 Å². The largest absolute Gasteiger partial charge is 0.334 e. The second-order valence-corrected chi connectivity index (χ2v) is 5.51. The van der Waals surface area contributed by atoms with Crippen LogP contribution < -0.4 is 5.32 Å². The number of nitrogens with zero attached hydrogens (tertiary/aromatic N) is 3. The van der Waals surface area contributed by atoms with Crippen LogP contribution in [0.1, 0.15) is 5.82 Å². The number of carbonyl (C=O) groups is 1. The second-order valence-electron chi connectivity index (χ2n) is 4.64. The lowest BCUT2D eigenvalue weighted by atomic mass is 10.3. The van der Waals surface area contributed by atoms with Crippen molar-refractivity contribution in [2.24, 2.45) is 0 Å². The van der Waals surface area contributed by atoms with Gasteiger partial charge < -0.3 is 9.84 Å². The molecule has 2 heterocycles. The molecule has 3 aromatic rings. The van der Waals surface area contributed by atoms with Gasteiger partial charge in [-0.25, -0.2) is 0 Å². The lowest BCUT2D eigenvalue weighted by molar-refractivity contribution is -0.115. The number of carbonyl (C=O) groups excluding carboxylic acids is 1. The summed E-state index contributed by atoms with van der Waals surface area (Å²) in [6.07, 6.45) is 3.21. The van der Waals surface area contributed by atoms with Crippen LogP contribution >= 0.6 is 23.2 Å². The number of rotatable bonds is 4. The molecule has 6 nitrogen and oxygen atoms in total. The second kappa shape index (κ2) is 6.76. The topological polar surface area (TPSA) is 80.9 Å². The molecule has 0 aliphatic heterocycles. The Morgan fingerprint density at radius 2 is 2.00 bits per heavy atom. The number of aromatic nitrogens is 3. The smallest absolute Gasteiger partial charge is 0.259 e. The summed E-state index contributed by atoms with van der Waals surface area (Å²) in [6, 6.07) is 8.33. The van der Waals surface area contributed by atoms with Gasteiger partial charge in [0, 0.05) is 28.1 Å². The highest BCUT2D eigenvalue weighted by Gasteiger charge is 2.13. The Balaban J connectivity index is 1.68. The summed E-state index contributed by atoms with van der Waals surface area (Å²) in [5, 5.41) is 7.33. The SMILES string of the molecule is O=C(Cc1noc(-c2cccnc2)n1)Nc1cc(Cl)cc(Cl)c1. The van der Waals surface area contributed by atoms with Crippen LogP contribution in [0.25, 0.3) is 11.5 Å². The molecule has 0 saturated heterocycles. The summed E-state index contributed by atoms with van der Waals surface area (Å²) >= 11 is 11.8. The van der Waals surface area contributed by atoms with Crippen molar-refractivity contribution < 1.29 is 9.32 Å². The highest BCUT2D eigenvalue weighted by molar-refractivity contribution is 6.35. The third-order valence-electron chi connectivity index (χ3n) is 2.84. The number of nitrogens with one attached hydrogen (secondary N) is 1. The minimum Gasteiger partial charge on any atom is -0.334 e. The first-order valence-electron chi connectivity index (χ1n) is 6.59. The van der Waals surface area contributed by atoms with Gasteiger partial charge in [-0.15, -0.1) is 0 Å². The predicted octanol–water partition coefficient (Wildman–Crippen LogP) is 3.62. The van der Waals surface area contributed by atoms with Gasteiger partial charge in [0.05, 0.1) is 12.0 Å². The molecule has 0 bridgehead atoms. The first-order valence-corrected chi connectivity index (χ1v) is 7.35. The van der Waals surface area contributed by atoms with Crippen LogP contribution in [0.3, 0.4) is 0 Å². The van der Waals surface area contributed by atoms with Crippen molar-refractivity contribution in [2.75, 3.05) is 5.32 Å². The molecule has 0 atom stereocenters. The minimum absolute atomic E-state index is 0.0338. The molecular formula is C15H10Cl2N4O2. The number of amides is 1. The van der Waals surface area contributed by atoms with Gasteiger partial charge in [-0.05, 0) is 30.3 Å². The fraction of sp³-hybridized carbons (Fsp3) is 0.0667. The molecule has 1 aromatic carbocycles. The van der Waals surface area contributed by atoms with Crippen molar-refractivity contribution in [3.63, 3.8) is 0 Å². The first-order chi connectivity index (χ1) is 11.1. The Morgan fingerprint density at radius 3 is 2.70 bits per heavy atom. The van der Waals surface area contributed by atoms with E-state index in [1.807, 2.05) is 0 Å². The van der Waals surface area contributed by atoms with E-state index in [-0.39, 0.29) is 18.2 Å². The van der Waals surface area contributed by atoms with Gasteiger partial charge in [-0.2, -0.15) is 4.98 Å². The maximum absolute atomic E-state index is 12.0. The summed E-state index contributed by atoms with van der Waals surface area (Å²) in [7, 11) is 0. The molecule has 1 amide bonds. The molecule has 3 rings (SSSR count). The van der Waals surface area contributed by atoms with Crippen molar-refractivity contribution in [2.45, 2.75) is 6.42 Å². The molecule has 0 aliphatic rings. The molecule has 0 saturated carbocycles. The highest BCUT2D eigenvalue weighted by atomic mass is 35.5. The van der Waals surface area contributed by atoms with Gasteiger partial charge in [-0.3, -0.25) is 9.78 Å². The van der Waals surface area contributed by atoms with Crippen LogP contribution in [0, 0.1) is 0 Å². The van der Waals surface area contributed by atoms with E-state index in [1.54, 1.807) is 42.7 Å². The van der Waals surface area contributed by atoms with Crippen LogP contribution in [0.5, 0.6) is 0 Å². The maximum atomic E-state index is 12.0. The summed E-state index contributed by atoms with van der Waals surface area (Å²) in [4.78, 5) is 20.2. The third-order valence-corrected chi connectivity index (χ3v) is 3.28. The minimum atomic E-state index is -0.304. The normalized spacial score (nSPS) is 10.5. The van der Waals surface area contributed by atoms with Gasteiger partial charge >= 0.3 is 0 Å². The number of hydrogen-bond donors (Lipinski definition) is 1. The molecule has 0 radical (unpaired) electrons. The van der Waals surface area contributed by atoms with Crippen molar-refractivity contribution in [1.29, 1.82) is 0 Å². The van der Waals surface area contributed by atoms with Crippen molar-refractivity contribution in [3.05, 3.63) is 58.6 Å². The molecule has 0 spiro atoms. The fourth-order valence-electron chi connectivity index (χ4n) is 1.91. The van der Waals surface area contributed by atoms with E-state index in [2.05, 4.69) is 20.4 Å². The number of anilines is 1. The molecule has 1 N–H and O–H groups in total. The van der Waals surface area contributed by atoms with Gasteiger partial charge in [0.2, 0.25) is 5.91 Å². The Kier molecular flexibility index (Phi) is 4.55. The standard InChI is InChI=1S/C15H10Cl2N4O2/c16-10-4-11(17)6-12(5-10)19-14(22)7-13-20-15(23-21-13)9-2-1-3-18-8-9/h1-6,8H,7H2,(H,19,22). The quantitative estimate of drug-likeness (QED) is 0.778. The average molecular weight is 349 g/mol. The average Bonchev–Trinajstić information content (AvgIpc) is 2.95. The number of benzene rings is 1. The highest BCUT2D eigenvalue weighted by Crippen LogP contribution is 2.22. The van der Waals surface area contributed by atoms with Crippen LogP contribution in [-0.4, -0.2) is 21.0 Å². The van der Waals surface area contributed by atoms with Gasteiger partial charge in [0.25, 0.3) is 5.89 Å². The van der Waals surface area contributed by atoms with E-state index in [9.17, 15) is 4.79 Å². The first kappa shape index (κ1) is 15.5. The van der Waals surface area contributed by atoms with Crippen LogP contribution in [0.2, 0.25) is 10.0 Å². The molecule has 8 heteroatoms. The van der Waals surface area contributed by atoms with E-state index in [0.29, 0.717) is 27.2 Å². The van der Waals surface area contributed by atoms with Gasteiger partial charge in [0.1, 0.15) is 0 Å². The Hall–Kier alpha value is -2.44. The van der Waals surface area contributed by atoms with E-state index < -0.39 is 0 Å². The Morgan fingerprint density at radius 1 is 1.22 bits per heavy atom. The van der Waals surface area contributed by atoms with E-state index in [1.165, 1.54) is 0 Å². The number of hydrogen-bond acceptors (Lipinski definition) is 5. The van der Waals surface area contributed by atoms with Crippen molar-refractivity contribution >= 4 is 34.8 Å². The molecule has 0 unspecified atom stereocenters.